The van der Waals surface area contributed by atoms with Crippen LogP contribution in [0.2, 0.25) is 5.02 Å². The van der Waals surface area contributed by atoms with Crippen molar-refractivity contribution in [2.45, 2.75) is 0 Å². The van der Waals surface area contributed by atoms with E-state index < -0.39 is 0 Å². The maximum Gasteiger partial charge on any atom is 0.265 e. The third-order valence-corrected chi connectivity index (χ3v) is 3.97. The molecule has 122 valence electrons. The number of aliphatic imine (C=N–C) groups is 1. The number of halogens is 1. The summed E-state index contributed by atoms with van der Waals surface area (Å²) < 4.78 is 1.17. The van der Waals surface area contributed by atoms with Crippen molar-refractivity contribution in [3.8, 4) is 11.6 Å². The molecule has 6 heteroatoms. The van der Waals surface area contributed by atoms with Crippen LogP contribution in [0.4, 0.5) is 0 Å². The minimum Gasteiger partial charge on any atom is -0.494 e. The lowest BCUT2D eigenvalue weighted by atomic mass is 10.1. The Morgan fingerprint density at radius 3 is 2.46 bits per heavy atom. The monoisotopic (exact) mass is 342 g/mol. The zero-order chi connectivity index (χ0) is 17.1. The minimum atomic E-state index is -0.365. The van der Waals surface area contributed by atoms with Crippen molar-refractivity contribution in [2.24, 2.45) is 4.99 Å². The number of aromatic nitrogens is 1. The van der Waals surface area contributed by atoms with E-state index in [0.717, 1.165) is 0 Å². The van der Waals surface area contributed by atoms with Crippen LogP contribution in [-0.2, 0) is 0 Å². The number of fused-ring (bicyclic) bond motifs is 1. The molecule has 24 heavy (non-hydrogen) atoms. The van der Waals surface area contributed by atoms with Crippen LogP contribution in [0, 0.1) is 0 Å². The van der Waals surface area contributed by atoms with Gasteiger partial charge >= 0.3 is 0 Å². The molecule has 0 saturated heterocycles. The fourth-order valence-corrected chi connectivity index (χ4v) is 2.78. The van der Waals surface area contributed by atoms with Gasteiger partial charge in [0.2, 0.25) is 5.88 Å². The van der Waals surface area contributed by atoms with Gasteiger partial charge in [0.05, 0.1) is 29.4 Å². The minimum absolute atomic E-state index is 0.0979. The Hall–Kier alpha value is -2.63. The molecule has 0 unspecified atom stereocenters. The lowest BCUT2D eigenvalue weighted by Gasteiger charge is -2.14. The normalized spacial score (nSPS) is 11.4. The van der Waals surface area contributed by atoms with Crippen molar-refractivity contribution in [1.82, 2.24) is 4.57 Å². The summed E-state index contributed by atoms with van der Waals surface area (Å²) in [5.74, 6) is -0.242. The predicted molar refractivity (Wildman–Crippen MR) is 95.8 cm³/mol. The van der Waals surface area contributed by atoms with Crippen LogP contribution in [0.15, 0.2) is 58.3 Å². The molecule has 0 aliphatic heterocycles. The van der Waals surface area contributed by atoms with Gasteiger partial charge < -0.3 is 10.2 Å². The van der Waals surface area contributed by atoms with Gasteiger partial charge in [0.1, 0.15) is 0 Å². The van der Waals surface area contributed by atoms with E-state index in [4.69, 9.17) is 16.7 Å². The van der Waals surface area contributed by atoms with Crippen molar-refractivity contribution in [3.63, 3.8) is 0 Å². The predicted octanol–water partition coefficient (Wildman–Crippen LogP) is 2.76. The molecule has 2 aromatic carbocycles. The van der Waals surface area contributed by atoms with Crippen LogP contribution in [0.25, 0.3) is 16.5 Å². The van der Waals surface area contributed by atoms with Gasteiger partial charge in [0.15, 0.2) is 0 Å². The van der Waals surface area contributed by atoms with E-state index in [1.54, 1.807) is 48.5 Å². The van der Waals surface area contributed by atoms with Crippen molar-refractivity contribution >= 4 is 28.6 Å². The first-order chi connectivity index (χ1) is 11.6. The molecule has 3 aromatic rings. The first-order valence-electron chi connectivity index (χ1n) is 7.37. The molecule has 1 aromatic heterocycles. The molecule has 0 amide bonds. The van der Waals surface area contributed by atoms with E-state index in [2.05, 4.69) is 4.99 Å². The highest BCUT2D eigenvalue weighted by molar-refractivity contribution is 6.32. The van der Waals surface area contributed by atoms with Crippen molar-refractivity contribution < 1.29 is 10.2 Å². The van der Waals surface area contributed by atoms with E-state index in [1.165, 1.54) is 10.8 Å². The molecule has 2 N–H and O–H groups in total. The number of aliphatic hydroxyl groups excluding tert-OH is 1. The molecule has 0 aliphatic rings. The van der Waals surface area contributed by atoms with E-state index in [9.17, 15) is 9.90 Å². The molecule has 0 fully saturated rings. The molecule has 1 heterocycles. The van der Waals surface area contributed by atoms with Gasteiger partial charge in [-0.2, -0.15) is 0 Å². The molecule has 0 aliphatic carbocycles. The molecule has 0 atom stereocenters. The Morgan fingerprint density at radius 2 is 1.75 bits per heavy atom. The van der Waals surface area contributed by atoms with Crippen molar-refractivity contribution in [2.75, 3.05) is 13.2 Å². The Kier molecular flexibility index (Phi) is 4.64. The third-order valence-electron chi connectivity index (χ3n) is 3.65. The number of rotatable bonds is 4. The standard InChI is InChI=1S/C18H15ClN2O3/c19-15-7-3-4-8-16(15)21-17(23)13-6-2-1-5-12(13)14(18(21)24)11-20-9-10-22/h1-8,11,22,24H,9-10H2. The smallest absolute Gasteiger partial charge is 0.265 e. The maximum absolute atomic E-state index is 12.8. The summed E-state index contributed by atoms with van der Waals surface area (Å²) in [5.41, 5.74) is 0.429. The first-order valence-corrected chi connectivity index (χ1v) is 7.75. The van der Waals surface area contributed by atoms with Gasteiger partial charge in [-0.1, -0.05) is 41.9 Å². The second kappa shape index (κ2) is 6.86. The second-order valence-electron chi connectivity index (χ2n) is 5.13. The fraction of sp³-hybridized carbons (Fsp3) is 0.111. The number of benzene rings is 2. The Bertz CT molecular complexity index is 980. The second-order valence-corrected chi connectivity index (χ2v) is 5.54. The van der Waals surface area contributed by atoms with Crippen LogP contribution in [0.5, 0.6) is 5.88 Å². The largest absolute Gasteiger partial charge is 0.494 e. The van der Waals surface area contributed by atoms with Gasteiger partial charge in [-0.3, -0.25) is 9.79 Å². The summed E-state index contributed by atoms with van der Waals surface area (Å²) in [6, 6.07) is 13.8. The van der Waals surface area contributed by atoms with Crippen LogP contribution >= 0.6 is 11.6 Å². The van der Waals surface area contributed by atoms with E-state index in [1.807, 2.05) is 0 Å². The third kappa shape index (κ3) is 2.79. The van der Waals surface area contributed by atoms with Gasteiger partial charge in [-0.15, -0.1) is 0 Å². The number of aliphatic hydroxyl groups is 1. The summed E-state index contributed by atoms with van der Waals surface area (Å²) in [6.07, 6.45) is 1.46. The summed E-state index contributed by atoms with van der Waals surface area (Å²) in [7, 11) is 0. The van der Waals surface area contributed by atoms with Crippen molar-refractivity contribution in [3.05, 3.63) is 69.5 Å². The van der Waals surface area contributed by atoms with E-state index >= 15 is 0 Å². The van der Waals surface area contributed by atoms with Crippen LogP contribution in [0.1, 0.15) is 5.56 Å². The highest BCUT2D eigenvalue weighted by atomic mass is 35.5. The molecular formula is C18H15ClN2O3. The van der Waals surface area contributed by atoms with E-state index in [0.29, 0.717) is 27.0 Å². The molecule has 0 radical (unpaired) electrons. The first kappa shape index (κ1) is 16.2. The molecule has 5 nitrogen and oxygen atoms in total. The van der Waals surface area contributed by atoms with Crippen LogP contribution in [-0.4, -0.2) is 34.1 Å². The zero-order valence-electron chi connectivity index (χ0n) is 12.7. The highest BCUT2D eigenvalue weighted by Crippen LogP contribution is 2.28. The number of aromatic hydroxyl groups is 1. The SMILES string of the molecule is O=c1c2ccccc2c(C=NCCO)c(O)n1-c1ccccc1Cl. The average Bonchev–Trinajstić information content (AvgIpc) is 2.60. The molecule has 0 spiro atoms. The fourth-order valence-electron chi connectivity index (χ4n) is 2.56. The number of hydrogen-bond acceptors (Lipinski definition) is 4. The van der Waals surface area contributed by atoms with Gasteiger partial charge in [-0.05, 0) is 18.2 Å². The molecule has 0 saturated carbocycles. The molecular weight excluding hydrogens is 328 g/mol. The number of nitrogens with zero attached hydrogens (tertiary/aromatic N) is 2. The van der Waals surface area contributed by atoms with Crippen LogP contribution in [0.3, 0.4) is 0 Å². The number of hydrogen-bond donors (Lipinski definition) is 2. The maximum atomic E-state index is 12.8. The number of pyridine rings is 1. The lowest BCUT2D eigenvalue weighted by molar-refractivity contribution is 0.307. The summed E-state index contributed by atoms with van der Waals surface area (Å²) in [4.78, 5) is 16.9. The zero-order valence-corrected chi connectivity index (χ0v) is 13.4. The number of para-hydroxylation sites is 1. The average molecular weight is 343 g/mol. The highest BCUT2D eigenvalue weighted by Gasteiger charge is 2.17. The molecule has 3 rings (SSSR count). The Morgan fingerprint density at radius 1 is 1.08 bits per heavy atom. The Labute approximate surface area is 143 Å². The summed E-state index contributed by atoms with van der Waals surface area (Å²) >= 11 is 6.20. The van der Waals surface area contributed by atoms with Gasteiger partial charge in [0, 0.05) is 17.0 Å². The molecule has 0 bridgehead atoms. The van der Waals surface area contributed by atoms with Crippen molar-refractivity contribution in [1.29, 1.82) is 0 Å². The lowest BCUT2D eigenvalue weighted by Crippen LogP contribution is -2.20. The van der Waals surface area contributed by atoms with Crippen LogP contribution < -0.4 is 5.56 Å². The Balaban J connectivity index is 2.39. The quantitative estimate of drug-likeness (QED) is 0.716. The summed E-state index contributed by atoms with van der Waals surface area (Å²) in [6.45, 7) is 0.109. The topological polar surface area (TPSA) is 74.8 Å². The summed E-state index contributed by atoms with van der Waals surface area (Å²) in [5, 5.41) is 21.0. The van der Waals surface area contributed by atoms with Gasteiger partial charge in [-0.25, -0.2) is 4.57 Å². The van der Waals surface area contributed by atoms with Gasteiger partial charge in [0.25, 0.3) is 5.56 Å². The van der Waals surface area contributed by atoms with E-state index in [-0.39, 0.29) is 24.6 Å².